The van der Waals surface area contributed by atoms with E-state index in [2.05, 4.69) is 4.90 Å². The Bertz CT molecular complexity index is 398. The summed E-state index contributed by atoms with van der Waals surface area (Å²) in [5.74, 6) is 0.677. The van der Waals surface area contributed by atoms with Crippen LogP contribution in [-0.2, 0) is 6.42 Å². The van der Waals surface area contributed by atoms with Crippen LogP contribution in [0.2, 0.25) is 10.0 Å². The minimum atomic E-state index is 0.563. The molecule has 0 spiro atoms. The maximum Gasteiger partial charge on any atom is 0.100 e. The van der Waals surface area contributed by atoms with Gasteiger partial charge in [0.2, 0.25) is 0 Å². The minimum absolute atomic E-state index is 0.563. The van der Waals surface area contributed by atoms with Gasteiger partial charge in [0, 0.05) is 19.5 Å². The third kappa shape index (κ3) is 2.69. The van der Waals surface area contributed by atoms with Crippen LogP contribution in [0.15, 0.2) is 18.2 Å². The third-order valence-corrected chi connectivity index (χ3v) is 3.58. The van der Waals surface area contributed by atoms with Crippen LogP contribution in [0.1, 0.15) is 18.4 Å². The third-order valence-electron chi connectivity index (χ3n) is 2.84. The molecule has 86 valence electrons. The summed E-state index contributed by atoms with van der Waals surface area (Å²) in [5.41, 5.74) is 1.05. The molecule has 1 aromatic rings. The Morgan fingerprint density at radius 3 is 2.50 bits per heavy atom. The lowest BCUT2D eigenvalue weighted by Crippen LogP contribution is -2.28. The van der Waals surface area contributed by atoms with Crippen molar-refractivity contribution in [2.45, 2.75) is 19.3 Å². The standard InChI is InChI=1S/C12H14Cl2N2/c13-10-4-3-9(7-11(10)14)8-12(15)16-5-1-2-6-16/h3-4,7,15H,1-2,5-6,8H2. The van der Waals surface area contributed by atoms with E-state index in [0.29, 0.717) is 22.3 Å². The predicted octanol–water partition coefficient (Wildman–Crippen LogP) is 3.61. The number of hydrogen-bond acceptors (Lipinski definition) is 1. The summed E-state index contributed by atoms with van der Waals surface area (Å²) in [5, 5.41) is 9.13. The van der Waals surface area contributed by atoms with Crippen LogP contribution in [0.3, 0.4) is 0 Å². The lowest BCUT2D eigenvalue weighted by molar-refractivity contribution is 0.507. The highest BCUT2D eigenvalue weighted by Crippen LogP contribution is 2.23. The van der Waals surface area contributed by atoms with Crippen LogP contribution in [0, 0.1) is 5.41 Å². The summed E-state index contributed by atoms with van der Waals surface area (Å²) >= 11 is 11.8. The molecule has 0 radical (unpaired) electrons. The van der Waals surface area contributed by atoms with Crippen molar-refractivity contribution in [1.82, 2.24) is 4.90 Å². The predicted molar refractivity (Wildman–Crippen MR) is 68.7 cm³/mol. The van der Waals surface area contributed by atoms with Gasteiger partial charge in [0.15, 0.2) is 0 Å². The average Bonchev–Trinajstić information content (AvgIpc) is 2.77. The van der Waals surface area contributed by atoms with Gasteiger partial charge in [-0.2, -0.15) is 0 Å². The molecular weight excluding hydrogens is 243 g/mol. The second kappa shape index (κ2) is 5.07. The number of hydrogen-bond donors (Lipinski definition) is 1. The van der Waals surface area contributed by atoms with Gasteiger partial charge in [-0.1, -0.05) is 29.3 Å². The highest BCUT2D eigenvalue weighted by atomic mass is 35.5. The molecule has 0 amide bonds. The van der Waals surface area contributed by atoms with Gasteiger partial charge < -0.3 is 4.90 Å². The summed E-state index contributed by atoms with van der Waals surface area (Å²) in [4.78, 5) is 2.13. The second-order valence-corrected chi connectivity index (χ2v) is 4.88. The van der Waals surface area contributed by atoms with E-state index in [-0.39, 0.29) is 0 Å². The van der Waals surface area contributed by atoms with E-state index in [9.17, 15) is 0 Å². The van der Waals surface area contributed by atoms with E-state index in [1.54, 1.807) is 6.07 Å². The molecule has 1 aliphatic heterocycles. The van der Waals surface area contributed by atoms with Gasteiger partial charge in [-0.05, 0) is 30.5 Å². The van der Waals surface area contributed by atoms with Gasteiger partial charge in [0.25, 0.3) is 0 Å². The normalized spacial score (nSPS) is 15.5. The van der Waals surface area contributed by atoms with Crippen molar-refractivity contribution in [3.63, 3.8) is 0 Å². The molecule has 1 saturated heterocycles. The Morgan fingerprint density at radius 1 is 1.19 bits per heavy atom. The molecule has 1 fully saturated rings. The van der Waals surface area contributed by atoms with Crippen LogP contribution in [0.25, 0.3) is 0 Å². The summed E-state index contributed by atoms with van der Waals surface area (Å²) in [7, 11) is 0. The molecule has 0 atom stereocenters. The fraction of sp³-hybridized carbons (Fsp3) is 0.417. The lowest BCUT2D eigenvalue weighted by Gasteiger charge is -2.18. The van der Waals surface area contributed by atoms with Gasteiger partial charge in [0.1, 0.15) is 5.84 Å². The van der Waals surface area contributed by atoms with Gasteiger partial charge in [-0.15, -0.1) is 0 Å². The number of nitrogens with one attached hydrogen (secondary N) is 1. The molecule has 2 rings (SSSR count). The van der Waals surface area contributed by atoms with E-state index < -0.39 is 0 Å². The molecule has 1 N–H and O–H groups in total. The largest absolute Gasteiger partial charge is 0.360 e. The molecule has 0 aromatic heterocycles. The second-order valence-electron chi connectivity index (χ2n) is 4.07. The van der Waals surface area contributed by atoms with Crippen LogP contribution >= 0.6 is 23.2 Å². The minimum Gasteiger partial charge on any atom is -0.360 e. The van der Waals surface area contributed by atoms with Gasteiger partial charge in [-0.25, -0.2) is 0 Å². The number of benzene rings is 1. The summed E-state index contributed by atoms with van der Waals surface area (Å²) < 4.78 is 0. The number of likely N-dealkylation sites (tertiary alicyclic amines) is 1. The Labute approximate surface area is 106 Å². The number of rotatable bonds is 2. The smallest absolute Gasteiger partial charge is 0.100 e. The molecule has 0 aliphatic carbocycles. The van der Waals surface area contributed by atoms with Crippen LogP contribution in [0.4, 0.5) is 0 Å². The molecule has 1 aliphatic rings. The monoisotopic (exact) mass is 256 g/mol. The zero-order valence-corrected chi connectivity index (χ0v) is 10.5. The van der Waals surface area contributed by atoms with E-state index >= 15 is 0 Å². The van der Waals surface area contributed by atoms with Gasteiger partial charge in [0.05, 0.1) is 10.0 Å². The summed E-state index contributed by atoms with van der Waals surface area (Å²) in [6.45, 7) is 2.03. The molecule has 2 nitrogen and oxygen atoms in total. The highest BCUT2D eigenvalue weighted by Gasteiger charge is 2.15. The van der Waals surface area contributed by atoms with Crippen molar-refractivity contribution >= 4 is 29.0 Å². The number of nitrogens with zero attached hydrogens (tertiary/aromatic N) is 1. The molecular formula is C12H14Cl2N2. The SMILES string of the molecule is N=C(Cc1ccc(Cl)c(Cl)c1)N1CCCC1. The van der Waals surface area contributed by atoms with Crippen LogP contribution in [0.5, 0.6) is 0 Å². The Hall–Kier alpha value is -0.730. The molecule has 0 bridgehead atoms. The van der Waals surface area contributed by atoms with Gasteiger partial charge in [-0.3, -0.25) is 5.41 Å². The molecule has 0 saturated carbocycles. The number of halogens is 2. The Morgan fingerprint density at radius 2 is 1.88 bits per heavy atom. The Kier molecular flexibility index (Phi) is 3.72. The molecule has 16 heavy (non-hydrogen) atoms. The van der Waals surface area contributed by atoms with Crippen molar-refractivity contribution in [2.75, 3.05) is 13.1 Å². The zero-order valence-electron chi connectivity index (χ0n) is 8.97. The van der Waals surface area contributed by atoms with Crippen molar-refractivity contribution in [2.24, 2.45) is 0 Å². The zero-order chi connectivity index (χ0) is 11.5. The van der Waals surface area contributed by atoms with E-state index in [0.717, 1.165) is 18.7 Å². The molecule has 4 heteroatoms. The van der Waals surface area contributed by atoms with E-state index in [1.807, 2.05) is 12.1 Å². The van der Waals surface area contributed by atoms with Crippen molar-refractivity contribution in [1.29, 1.82) is 5.41 Å². The van der Waals surface area contributed by atoms with Crippen molar-refractivity contribution < 1.29 is 0 Å². The first-order valence-corrected chi connectivity index (χ1v) is 6.19. The number of amidine groups is 1. The average molecular weight is 257 g/mol. The highest BCUT2D eigenvalue weighted by molar-refractivity contribution is 6.42. The fourth-order valence-corrected chi connectivity index (χ4v) is 2.26. The van der Waals surface area contributed by atoms with Crippen molar-refractivity contribution in [3.8, 4) is 0 Å². The molecule has 1 aromatic carbocycles. The topological polar surface area (TPSA) is 27.1 Å². The lowest BCUT2D eigenvalue weighted by atomic mass is 10.1. The summed E-state index contributed by atoms with van der Waals surface area (Å²) in [6.07, 6.45) is 3.03. The fourth-order valence-electron chi connectivity index (χ4n) is 1.94. The van der Waals surface area contributed by atoms with Crippen LogP contribution < -0.4 is 0 Å². The summed E-state index contributed by atoms with van der Waals surface area (Å²) in [6, 6.07) is 5.56. The Balaban J connectivity index is 2.02. The van der Waals surface area contributed by atoms with Gasteiger partial charge >= 0.3 is 0 Å². The van der Waals surface area contributed by atoms with E-state index in [1.165, 1.54) is 12.8 Å². The van der Waals surface area contributed by atoms with Crippen molar-refractivity contribution in [3.05, 3.63) is 33.8 Å². The first-order valence-electron chi connectivity index (χ1n) is 5.43. The molecule has 1 heterocycles. The maximum absolute atomic E-state index is 8.00. The quantitative estimate of drug-likeness (QED) is 0.636. The first kappa shape index (κ1) is 11.7. The first-order chi connectivity index (χ1) is 7.66. The van der Waals surface area contributed by atoms with Crippen LogP contribution in [-0.4, -0.2) is 23.8 Å². The van der Waals surface area contributed by atoms with E-state index in [4.69, 9.17) is 28.6 Å². The molecule has 0 unspecified atom stereocenters. The maximum atomic E-state index is 8.00.